The Hall–Kier alpha value is -3.15. The number of benzene rings is 2. The fourth-order valence-electron chi connectivity index (χ4n) is 5.59. The summed E-state index contributed by atoms with van der Waals surface area (Å²) < 4.78 is 5.62. The molecule has 5 rings (SSSR count). The van der Waals surface area contributed by atoms with Gasteiger partial charge in [-0.25, -0.2) is 4.79 Å². The molecule has 2 fully saturated rings. The summed E-state index contributed by atoms with van der Waals surface area (Å²) in [5.74, 6) is 2.31. The number of likely N-dealkylation sites (tertiary alicyclic amines) is 1. The van der Waals surface area contributed by atoms with Gasteiger partial charge in [0.15, 0.2) is 0 Å². The lowest BCUT2D eigenvalue weighted by Gasteiger charge is -2.34. The van der Waals surface area contributed by atoms with E-state index in [0.717, 1.165) is 68.5 Å². The molecule has 2 aliphatic rings. The zero-order valence-corrected chi connectivity index (χ0v) is 21.1. The van der Waals surface area contributed by atoms with Crippen molar-refractivity contribution in [2.75, 3.05) is 43.5 Å². The Kier molecular flexibility index (Phi) is 7.16. The number of carbonyl (C=O) groups excluding carboxylic acids is 1. The van der Waals surface area contributed by atoms with Crippen LogP contribution in [0.25, 0.3) is 10.9 Å². The number of nitrogens with zero attached hydrogens (tertiary/aromatic N) is 2. The molecule has 6 heteroatoms. The van der Waals surface area contributed by atoms with Crippen molar-refractivity contribution in [2.45, 2.75) is 45.4 Å². The third-order valence-electron chi connectivity index (χ3n) is 7.95. The fraction of sp³-hybridized carbons (Fsp3) is 0.483. The predicted octanol–water partition coefficient (Wildman–Crippen LogP) is 6.29. The Balaban J connectivity index is 1.14. The Morgan fingerprint density at radius 1 is 1.06 bits per heavy atom. The van der Waals surface area contributed by atoms with Crippen molar-refractivity contribution < 1.29 is 9.53 Å². The fourth-order valence-corrected chi connectivity index (χ4v) is 5.59. The molecule has 0 unspecified atom stereocenters. The van der Waals surface area contributed by atoms with Gasteiger partial charge in [-0.1, -0.05) is 25.1 Å². The molecule has 3 heterocycles. The summed E-state index contributed by atoms with van der Waals surface area (Å²) in [6, 6.07) is 14.5. The maximum Gasteiger partial charge on any atom is 0.321 e. The highest BCUT2D eigenvalue weighted by molar-refractivity contribution is 5.90. The van der Waals surface area contributed by atoms with Crippen LogP contribution in [0.1, 0.15) is 44.6 Å². The van der Waals surface area contributed by atoms with Gasteiger partial charge in [0.25, 0.3) is 0 Å². The molecule has 186 valence electrons. The van der Waals surface area contributed by atoms with Crippen LogP contribution in [0.15, 0.2) is 48.7 Å². The second-order valence-electron chi connectivity index (χ2n) is 10.3. The first-order valence-corrected chi connectivity index (χ1v) is 13.1. The SMILES string of the molecule is COc1ccc(NC(=O)N2CCC(CCc3c[nH]c4ccccc34)CC2)cc1N1CCC(C)CC1. The molecular formula is C29H38N4O2. The minimum absolute atomic E-state index is 0.00321. The smallest absolute Gasteiger partial charge is 0.321 e. The summed E-state index contributed by atoms with van der Waals surface area (Å²) in [5, 5.41) is 4.48. The Morgan fingerprint density at radius 2 is 1.83 bits per heavy atom. The van der Waals surface area contributed by atoms with Crippen molar-refractivity contribution in [3.63, 3.8) is 0 Å². The van der Waals surface area contributed by atoms with E-state index >= 15 is 0 Å². The Bertz CT molecular complexity index is 1140. The molecule has 2 aromatic carbocycles. The minimum atomic E-state index is 0.00321. The van der Waals surface area contributed by atoms with Crippen LogP contribution in [0.3, 0.4) is 0 Å². The van der Waals surface area contributed by atoms with Crippen molar-refractivity contribution in [3.05, 3.63) is 54.2 Å². The molecule has 0 bridgehead atoms. The van der Waals surface area contributed by atoms with Crippen molar-refractivity contribution in [3.8, 4) is 5.75 Å². The minimum Gasteiger partial charge on any atom is -0.495 e. The van der Waals surface area contributed by atoms with E-state index < -0.39 is 0 Å². The van der Waals surface area contributed by atoms with Crippen LogP contribution in [-0.4, -0.2) is 49.2 Å². The van der Waals surface area contributed by atoms with Gasteiger partial charge in [-0.15, -0.1) is 0 Å². The number of H-pyrrole nitrogens is 1. The van der Waals surface area contributed by atoms with Crippen LogP contribution in [0, 0.1) is 11.8 Å². The van der Waals surface area contributed by atoms with Crippen molar-refractivity contribution in [2.24, 2.45) is 11.8 Å². The number of anilines is 2. The number of hydrogen-bond acceptors (Lipinski definition) is 3. The quantitative estimate of drug-likeness (QED) is 0.441. The zero-order valence-electron chi connectivity index (χ0n) is 21.1. The normalized spacial score (nSPS) is 17.7. The Labute approximate surface area is 208 Å². The van der Waals surface area contributed by atoms with Crippen LogP contribution < -0.4 is 15.0 Å². The molecule has 2 amide bonds. The largest absolute Gasteiger partial charge is 0.495 e. The second-order valence-corrected chi connectivity index (χ2v) is 10.3. The maximum absolute atomic E-state index is 13.0. The molecule has 1 aromatic heterocycles. The predicted molar refractivity (Wildman–Crippen MR) is 144 cm³/mol. The van der Waals surface area contributed by atoms with Gasteiger partial charge in [0.1, 0.15) is 5.75 Å². The van der Waals surface area contributed by atoms with Gasteiger partial charge in [-0.3, -0.25) is 0 Å². The summed E-state index contributed by atoms with van der Waals surface area (Å²) in [6.07, 6.45) is 8.92. The third kappa shape index (κ3) is 5.42. The number of carbonyl (C=O) groups is 1. The molecule has 6 nitrogen and oxygen atoms in total. The summed E-state index contributed by atoms with van der Waals surface area (Å²) in [7, 11) is 1.71. The van der Waals surface area contributed by atoms with E-state index in [0.29, 0.717) is 5.92 Å². The number of rotatable bonds is 6. The van der Waals surface area contributed by atoms with Crippen LogP contribution >= 0.6 is 0 Å². The zero-order chi connectivity index (χ0) is 24.2. The van der Waals surface area contributed by atoms with Gasteiger partial charge in [0.2, 0.25) is 0 Å². The van der Waals surface area contributed by atoms with E-state index in [1.807, 2.05) is 17.0 Å². The molecule has 2 N–H and O–H groups in total. The van der Waals surface area contributed by atoms with Crippen LogP contribution in [0.2, 0.25) is 0 Å². The molecule has 35 heavy (non-hydrogen) atoms. The summed E-state index contributed by atoms with van der Waals surface area (Å²) in [5.41, 5.74) is 4.53. The lowest BCUT2D eigenvalue weighted by atomic mass is 9.90. The highest BCUT2D eigenvalue weighted by Gasteiger charge is 2.24. The van der Waals surface area contributed by atoms with Crippen molar-refractivity contribution >= 4 is 28.3 Å². The topological polar surface area (TPSA) is 60.6 Å². The van der Waals surface area contributed by atoms with Gasteiger partial charge in [0.05, 0.1) is 12.8 Å². The molecule has 0 saturated carbocycles. The summed E-state index contributed by atoms with van der Waals surface area (Å²) in [4.78, 5) is 20.7. The summed E-state index contributed by atoms with van der Waals surface area (Å²) in [6.45, 7) is 6.01. The molecule has 0 spiro atoms. The molecule has 2 aliphatic heterocycles. The van der Waals surface area contributed by atoms with E-state index in [4.69, 9.17) is 4.74 Å². The highest BCUT2D eigenvalue weighted by atomic mass is 16.5. The van der Waals surface area contributed by atoms with E-state index in [9.17, 15) is 4.79 Å². The van der Waals surface area contributed by atoms with Gasteiger partial charge in [-0.05, 0) is 80.2 Å². The average molecular weight is 475 g/mol. The van der Waals surface area contributed by atoms with E-state index in [2.05, 4.69) is 58.7 Å². The molecule has 2 saturated heterocycles. The van der Waals surface area contributed by atoms with Gasteiger partial charge < -0.3 is 24.8 Å². The number of nitrogens with one attached hydrogen (secondary N) is 2. The molecule has 0 aliphatic carbocycles. The van der Waals surface area contributed by atoms with E-state index in [1.54, 1.807) is 7.11 Å². The Morgan fingerprint density at radius 3 is 2.60 bits per heavy atom. The number of para-hydroxylation sites is 1. The second kappa shape index (κ2) is 10.6. The number of hydrogen-bond donors (Lipinski definition) is 2. The number of amides is 2. The van der Waals surface area contributed by atoms with Crippen molar-refractivity contribution in [1.82, 2.24) is 9.88 Å². The third-order valence-corrected chi connectivity index (χ3v) is 7.95. The van der Waals surface area contributed by atoms with E-state index in [-0.39, 0.29) is 6.03 Å². The molecule has 0 radical (unpaired) electrons. The lowest BCUT2D eigenvalue weighted by molar-refractivity contribution is 0.180. The average Bonchev–Trinajstić information content (AvgIpc) is 3.31. The number of methoxy groups -OCH3 is 1. The lowest BCUT2D eigenvalue weighted by Crippen LogP contribution is -2.41. The van der Waals surface area contributed by atoms with Gasteiger partial charge >= 0.3 is 6.03 Å². The number of piperidine rings is 2. The first-order valence-electron chi connectivity index (χ1n) is 13.1. The van der Waals surface area contributed by atoms with Gasteiger partial charge in [0, 0.05) is 49.0 Å². The first-order chi connectivity index (χ1) is 17.1. The molecule has 3 aromatic rings. The standard InChI is InChI=1S/C29H38N4O2/c1-21-11-15-32(16-12-21)27-19-24(9-10-28(27)35-2)31-29(34)33-17-13-22(14-18-33)7-8-23-20-30-26-6-4-3-5-25(23)26/h3-6,9-10,19-22,30H,7-8,11-18H2,1-2H3,(H,31,34). The van der Waals surface area contributed by atoms with Crippen LogP contribution in [-0.2, 0) is 6.42 Å². The summed E-state index contributed by atoms with van der Waals surface area (Å²) >= 11 is 0. The number of aryl methyl sites for hydroxylation is 1. The monoisotopic (exact) mass is 474 g/mol. The van der Waals surface area contributed by atoms with Crippen molar-refractivity contribution in [1.29, 1.82) is 0 Å². The number of aromatic nitrogens is 1. The number of urea groups is 1. The molecular weight excluding hydrogens is 436 g/mol. The van der Waals surface area contributed by atoms with E-state index in [1.165, 1.54) is 35.7 Å². The van der Waals surface area contributed by atoms with Crippen LogP contribution in [0.4, 0.5) is 16.2 Å². The highest BCUT2D eigenvalue weighted by Crippen LogP contribution is 2.34. The maximum atomic E-state index is 13.0. The molecule has 0 atom stereocenters. The number of ether oxygens (including phenoxy) is 1. The number of aromatic amines is 1. The van der Waals surface area contributed by atoms with Crippen LogP contribution in [0.5, 0.6) is 5.75 Å². The first kappa shape index (κ1) is 23.6. The number of fused-ring (bicyclic) bond motifs is 1. The van der Waals surface area contributed by atoms with Gasteiger partial charge in [-0.2, -0.15) is 0 Å².